The molecule has 2 rings (SSSR count). The molecule has 1 heterocycles. The van der Waals surface area contributed by atoms with Crippen LogP contribution in [0.25, 0.3) is 0 Å². The summed E-state index contributed by atoms with van der Waals surface area (Å²) in [6.45, 7) is 6.43. The van der Waals surface area contributed by atoms with E-state index in [0.717, 1.165) is 43.0 Å². The lowest BCUT2D eigenvalue weighted by molar-refractivity contribution is 0.00752. The van der Waals surface area contributed by atoms with Gasteiger partial charge in [-0.3, -0.25) is 4.68 Å². The quantitative estimate of drug-likeness (QED) is 0.834. The monoisotopic (exact) mass is 294 g/mol. The zero-order valence-corrected chi connectivity index (χ0v) is 13.9. The van der Waals surface area contributed by atoms with Gasteiger partial charge in [-0.05, 0) is 45.4 Å². The third kappa shape index (κ3) is 3.42. The molecule has 0 bridgehead atoms. The van der Waals surface area contributed by atoms with Crippen LogP contribution in [0.3, 0.4) is 0 Å². The lowest BCUT2D eigenvalue weighted by atomic mass is 9.88. The highest BCUT2D eigenvalue weighted by Gasteiger charge is 2.38. The standard InChI is InChI=1S/C17H30N2O2/c1-5-7-14-8-6-10-17(20,11-9-14)16-15(21-4)12-18-19(16)13(2)3/h12-14,20H,5-11H2,1-4H3. The Kier molecular flexibility index (Phi) is 5.31. The fourth-order valence-corrected chi connectivity index (χ4v) is 3.66. The first kappa shape index (κ1) is 16.3. The van der Waals surface area contributed by atoms with Gasteiger partial charge >= 0.3 is 0 Å². The summed E-state index contributed by atoms with van der Waals surface area (Å²) in [5, 5.41) is 15.7. The van der Waals surface area contributed by atoms with Crippen LogP contribution >= 0.6 is 0 Å². The van der Waals surface area contributed by atoms with Crippen LogP contribution in [0.4, 0.5) is 0 Å². The van der Waals surface area contributed by atoms with Crippen LogP contribution in [0, 0.1) is 5.92 Å². The molecule has 0 radical (unpaired) electrons. The molecule has 0 aromatic carbocycles. The molecule has 1 saturated carbocycles. The van der Waals surface area contributed by atoms with Crippen molar-refractivity contribution in [1.82, 2.24) is 9.78 Å². The van der Waals surface area contributed by atoms with Gasteiger partial charge in [-0.1, -0.05) is 26.2 Å². The first-order valence-corrected chi connectivity index (χ1v) is 8.36. The Bertz CT molecular complexity index is 456. The molecule has 21 heavy (non-hydrogen) atoms. The maximum absolute atomic E-state index is 11.3. The number of rotatable bonds is 5. The second-order valence-corrected chi connectivity index (χ2v) is 6.72. The Morgan fingerprint density at radius 1 is 1.43 bits per heavy atom. The van der Waals surface area contributed by atoms with Gasteiger partial charge in [-0.2, -0.15) is 5.10 Å². The van der Waals surface area contributed by atoms with Gasteiger partial charge < -0.3 is 9.84 Å². The van der Waals surface area contributed by atoms with Crippen molar-refractivity contribution in [3.8, 4) is 5.75 Å². The van der Waals surface area contributed by atoms with Gasteiger partial charge in [0.05, 0.1) is 13.3 Å². The number of ether oxygens (including phenoxy) is 1. The second kappa shape index (κ2) is 6.82. The molecule has 120 valence electrons. The van der Waals surface area contributed by atoms with Crippen molar-refractivity contribution in [1.29, 1.82) is 0 Å². The Morgan fingerprint density at radius 3 is 2.81 bits per heavy atom. The van der Waals surface area contributed by atoms with Gasteiger partial charge in [0.15, 0.2) is 5.75 Å². The Labute approximate surface area is 128 Å². The largest absolute Gasteiger partial charge is 0.493 e. The number of aromatic nitrogens is 2. The van der Waals surface area contributed by atoms with Crippen molar-refractivity contribution < 1.29 is 9.84 Å². The van der Waals surface area contributed by atoms with E-state index in [1.54, 1.807) is 13.3 Å². The molecular weight excluding hydrogens is 264 g/mol. The maximum atomic E-state index is 11.3. The van der Waals surface area contributed by atoms with Crippen LogP contribution < -0.4 is 4.74 Å². The fraction of sp³-hybridized carbons (Fsp3) is 0.824. The van der Waals surface area contributed by atoms with Gasteiger partial charge in [0.25, 0.3) is 0 Å². The fourth-order valence-electron chi connectivity index (χ4n) is 3.66. The third-order valence-corrected chi connectivity index (χ3v) is 4.78. The molecule has 1 N–H and O–H groups in total. The molecule has 0 spiro atoms. The van der Waals surface area contributed by atoms with Crippen LogP contribution in [0.2, 0.25) is 0 Å². The van der Waals surface area contributed by atoms with Crippen LogP contribution in [0.1, 0.15) is 77.5 Å². The summed E-state index contributed by atoms with van der Waals surface area (Å²) in [5.41, 5.74) is 0.0753. The molecule has 0 aliphatic heterocycles. The molecule has 1 fully saturated rings. The molecule has 2 atom stereocenters. The Balaban J connectivity index is 2.29. The number of nitrogens with zero attached hydrogens (tertiary/aromatic N) is 2. The first-order valence-electron chi connectivity index (χ1n) is 8.36. The van der Waals surface area contributed by atoms with E-state index in [4.69, 9.17) is 4.74 Å². The van der Waals surface area contributed by atoms with Crippen molar-refractivity contribution in [2.45, 2.75) is 77.4 Å². The maximum Gasteiger partial charge on any atom is 0.162 e. The number of hydrogen-bond donors (Lipinski definition) is 1. The van der Waals surface area contributed by atoms with E-state index in [1.165, 1.54) is 19.3 Å². The van der Waals surface area contributed by atoms with E-state index in [9.17, 15) is 5.11 Å². The summed E-state index contributed by atoms with van der Waals surface area (Å²) >= 11 is 0. The van der Waals surface area contributed by atoms with Gasteiger partial charge in [-0.25, -0.2) is 0 Å². The van der Waals surface area contributed by atoms with Crippen molar-refractivity contribution in [3.63, 3.8) is 0 Å². The third-order valence-electron chi connectivity index (χ3n) is 4.78. The normalized spacial score (nSPS) is 26.9. The average Bonchev–Trinajstić information content (AvgIpc) is 2.81. The predicted octanol–water partition coefficient (Wildman–Crippen LogP) is 4.04. The molecule has 0 saturated heterocycles. The highest BCUT2D eigenvalue weighted by Crippen LogP contribution is 2.43. The molecule has 2 unspecified atom stereocenters. The van der Waals surface area contributed by atoms with E-state index in [0.29, 0.717) is 0 Å². The summed E-state index contributed by atoms with van der Waals surface area (Å²) in [6, 6.07) is 0.225. The lowest BCUT2D eigenvalue weighted by Crippen LogP contribution is -2.30. The van der Waals surface area contributed by atoms with E-state index in [1.807, 2.05) is 4.68 Å². The number of aliphatic hydroxyl groups is 1. The Morgan fingerprint density at radius 2 is 2.19 bits per heavy atom. The molecule has 4 nitrogen and oxygen atoms in total. The van der Waals surface area contributed by atoms with Gasteiger partial charge in [0, 0.05) is 6.04 Å². The lowest BCUT2D eigenvalue weighted by Gasteiger charge is -2.29. The van der Waals surface area contributed by atoms with Crippen molar-refractivity contribution in [2.24, 2.45) is 5.92 Å². The highest BCUT2D eigenvalue weighted by atomic mass is 16.5. The SMILES string of the molecule is CCCC1CCCC(O)(c2c(OC)cnn2C(C)C)CC1. The predicted molar refractivity (Wildman–Crippen MR) is 84.5 cm³/mol. The Hall–Kier alpha value is -1.03. The van der Waals surface area contributed by atoms with E-state index < -0.39 is 5.60 Å². The molecule has 1 aromatic rings. The highest BCUT2D eigenvalue weighted by molar-refractivity contribution is 5.31. The van der Waals surface area contributed by atoms with E-state index in [-0.39, 0.29) is 6.04 Å². The zero-order valence-electron chi connectivity index (χ0n) is 13.9. The van der Waals surface area contributed by atoms with Gasteiger partial charge in [-0.15, -0.1) is 0 Å². The van der Waals surface area contributed by atoms with Gasteiger partial charge in [0.1, 0.15) is 11.3 Å². The minimum Gasteiger partial charge on any atom is -0.493 e. The summed E-state index contributed by atoms with van der Waals surface area (Å²) in [5.74, 6) is 1.48. The molecular formula is C17H30N2O2. The van der Waals surface area contributed by atoms with Crippen molar-refractivity contribution in [2.75, 3.05) is 7.11 Å². The van der Waals surface area contributed by atoms with Crippen molar-refractivity contribution in [3.05, 3.63) is 11.9 Å². The summed E-state index contributed by atoms with van der Waals surface area (Å²) in [7, 11) is 1.66. The minimum atomic E-state index is -0.797. The average molecular weight is 294 g/mol. The molecule has 0 amide bonds. The first-order chi connectivity index (χ1) is 10.0. The number of methoxy groups -OCH3 is 1. The topological polar surface area (TPSA) is 47.3 Å². The summed E-state index contributed by atoms with van der Waals surface area (Å²) < 4.78 is 7.40. The van der Waals surface area contributed by atoms with Crippen LogP contribution in [-0.4, -0.2) is 22.0 Å². The van der Waals surface area contributed by atoms with E-state index >= 15 is 0 Å². The zero-order chi connectivity index (χ0) is 15.5. The summed E-state index contributed by atoms with van der Waals surface area (Å²) in [4.78, 5) is 0. The molecule has 4 heteroatoms. The minimum absolute atomic E-state index is 0.225. The molecule has 1 aromatic heterocycles. The van der Waals surface area contributed by atoms with Crippen LogP contribution in [0.5, 0.6) is 5.75 Å². The van der Waals surface area contributed by atoms with Crippen molar-refractivity contribution >= 4 is 0 Å². The van der Waals surface area contributed by atoms with E-state index in [2.05, 4.69) is 25.9 Å². The second-order valence-electron chi connectivity index (χ2n) is 6.72. The molecule has 1 aliphatic carbocycles. The van der Waals surface area contributed by atoms with Crippen LogP contribution in [0.15, 0.2) is 6.20 Å². The summed E-state index contributed by atoms with van der Waals surface area (Å²) in [6.07, 6.45) is 9.27. The molecule has 1 aliphatic rings. The van der Waals surface area contributed by atoms with Crippen LogP contribution in [-0.2, 0) is 5.60 Å². The van der Waals surface area contributed by atoms with Gasteiger partial charge in [0.2, 0.25) is 0 Å². The number of hydrogen-bond acceptors (Lipinski definition) is 3. The smallest absolute Gasteiger partial charge is 0.162 e.